The zero-order valence-corrected chi connectivity index (χ0v) is 12.5. The fourth-order valence-corrected chi connectivity index (χ4v) is 2.51. The molecule has 22 heavy (non-hydrogen) atoms. The van der Waals surface area contributed by atoms with Crippen LogP contribution in [-0.4, -0.2) is 41.2 Å². The van der Waals surface area contributed by atoms with Crippen LogP contribution in [0.25, 0.3) is 11.3 Å². The Kier molecular flexibility index (Phi) is 4.61. The summed E-state index contributed by atoms with van der Waals surface area (Å²) in [6.07, 6.45) is 2.74. The second-order valence-electron chi connectivity index (χ2n) is 5.05. The van der Waals surface area contributed by atoms with Crippen molar-refractivity contribution in [2.45, 2.75) is 6.54 Å². The molecule has 116 valence electrons. The third kappa shape index (κ3) is 3.40. The highest BCUT2D eigenvalue weighted by atomic mass is 35.5. The molecule has 2 aromatic rings. The van der Waals surface area contributed by atoms with Crippen LogP contribution >= 0.6 is 11.6 Å². The number of halogens is 3. The van der Waals surface area contributed by atoms with Gasteiger partial charge in [-0.25, -0.2) is 13.8 Å². The molecule has 0 amide bonds. The van der Waals surface area contributed by atoms with E-state index in [1.54, 1.807) is 6.20 Å². The number of hydrogen-bond donors (Lipinski definition) is 0. The number of pyridine rings is 2. The first kappa shape index (κ1) is 15.3. The van der Waals surface area contributed by atoms with Gasteiger partial charge in [0.15, 0.2) is 0 Å². The van der Waals surface area contributed by atoms with Crippen LogP contribution in [0.2, 0.25) is 5.15 Å². The summed E-state index contributed by atoms with van der Waals surface area (Å²) in [5.74, 6) is -1.22. The molecule has 0 unspecified atom stereocenters. The van der Waals surface area contributed by atoms with E-state index in [1.165, 1.54) is 12.3 Å². The first-order valence-electron chi connectivity index (χ1n) is 6.89. The second-order valence-corrected chi connectivity index (χ2v) is 5.44. The van der Waals surface area contributed by atoms with Crippen molar-refractivity contribution in [2.24, 2.45) is 0 Å². The summed E-state index contributed by atoms with van der Waals surface area (Å²) in [7, 11) is 0. The molecule has 3 heterocycles. The van der Waals surface area contributed by atoms with E-state index in [-0.39, 0.29) is 16.4 Å². The minimum atomic E-state index is -0.646. The highest BCUT2D eigenvalue weighted by molar-refractivity contribution is 6.29. The van der Waals surface area contributed by atoms with Crippen molar-refractivity contribution in [2.75, 3.05) is 26.3 Å². The number of hydrogen-bond acceptors (Lipinski definition) is 4. The largest absolute Gasteiger partial charge is 0.379 e. The molecule has 0 saturated carbocycles. The molecule has 0 N–H and O–H groups in total. The maximum absolute atomic E-state index is 14.2. The molecular formula is C15H14ClF2N3O. The Hall–Kier alpha value is -1.63. The molecule has 1 saturated heterocycles. The summed E-state index contributed by atoms with van der Waals surface area (Å²) < 4.78 is 33.3. The van der Waals surface area contributed by atoms with E-state index in [0.717, 1.165) is 24.7 Å². The fourth-order valence-electron chi connectivity index (χ4n) is 2.36. The van der Waals surface area contributed by atoms with Gasteiger partial charge in [-0.05, 0) is 11.6 Å². The van der Waals surface area contributed by atoms with Crippen LogP contribution in [0.5, 0.6) is 0 Å². The van der Waals surface area contributed by atoms with Gasteiger partial charge in [-0.3, -0.25) is 9.88 Å². The average Bonchev–Trinajstić information content (AvgIpc) is 2.49. The standard InChI is InChI=1S/C15H14ClF2N3O/c16-14-6-12(17)11(8-19-14)15-13(18)5-10(7-20-15)9-21-1-3-22-4-2-21/h5-8H,1-4,9H2. The Morgan fingerprint density at radius 3 is 2.55 bits per heavy atom. The maximum atomic E-state index is 14.2. The lowest BCUT2D eigenvalue weighted by atomic mass is 10.1. The predicted molar refractivity (Wildman–Crippen MR) is 78.5 cm³/mol. The molecule has 1 aliphatic rings. The predicted octanol–water partition coefficient (Wildman–Crippen LogP) is 2.91. The molecule has 0 bridgehead atoms. The van der Waals surface area contributed by atoms with Gasteiger partial charge in [0.2, 0.25) is 0 Å². The zero-order valence-electron chi connectivity index (χ0n) is 11.7. The number of nitrogens with zero attached hydrogens (tertiary/aromatic N) is 3. The van der Waals surface area contributed by atoms with E-state index in [0.29, 0.717) is 19.8 Å². The Labute approximate surface area is 131 Å². The van der Waals surface area contributed by atoms with Crippen LogP contribution < -0.4 is 0 Å². The zero-order chi connectivity index (χ0) is 15.5. The van der Waals surface area contributed by atoms with Crippen LogP contribution in [0, 0.1) is 11.6 Å². The normalized spacial score (nSPS) is 16.0. The summed E-state index contributed by atoms with van der Waals surface area (Å²) >= 11 is 5.60. The summed E-state index contributed by atoms with van der Waals surface area (Å²) in [5, 5.41) is 0.0191. The molecular weight excluding hydrogens is 312 g/mol. The monoisotopic (exact) mass is 325 g/mol. The Balaban J connectivity index is 1.82. The Morgan fingerprint density at radius 1 is 1.09 bits per heavy atom. The average molecular weight is 326 g/mol. The van der Waals surface area contributed by atoms with Crippen molar-refractivity contribution in [3.63, 3.8) is 0 Å². The minimum absolute atomic E-state index is 0.000164. The van der Waals surface area contributed by atoms with Gasteiger partial charge in [-0.2, -0.15) is 0 Å². The van der Waals surface area contributed by atoms with Crippen LogP contribution in [-0.2, 0) is 11.3 Å². The van der Waals surface area contributed by atoms with Gasteiger partial charge in [0.05, 0.1) is 18.8 Å². The number of morpholine rings is 1. The Bertz CT molecular complexity index is 678. The van der Waals surface area contributed by atoms with Crippen molar-refractivity contribution in [3.05, 3.63) is 46.9 Å². The van der Waals surface area contributed by atoms with E-state index in [2.05, 4.69) is 14.9 Å². The molecule has 3 rings (SSSR count). The van der Waals surface area contributed by atoms with Crippen LogP contribution in [0.15, 0.2) is 24.5 Å². The minimum Gasteiger partial charge on any atom is -0.379 e. The van der Waals surface area contributed by atoms with Crippen molar-refractivity contribution >= 4 is 11.6 Å². The van der Waals surface area contributed by atoms with Crippen molar-refractivity contribution < 1.29 is 13.5 Å². The van der Waals surface area contributed by atoms with E-state index >= 15 is 0 Å². The van der Waals surface area contributed by atoms with Crippen molar-refractivity contribution in [1.82, 2.24) is 14.9 Å². The van der Waals surface area contributed by atoms with Gasteiger partial charge in [0, 0.05) is 38.1 Å². The SMILES string of the molecule is Fc1cc(Cl)ncc1-c1ncc(CN2CCOCC2)cc1F. The van der Waals surface area contributed by atoms with E-state index in [1.807, 2.05) is 0 Å². The van der Waals surface area contributed by atoms with E-state index in [4.69, 9.17) is 16.3 Å². The molecule has 0 atom stereocenters. The molecule has 0 aliphatic carbocycles. The fraction of sp³-hybridized carbons (Fsp3) is 0.333. The van der Waals surface area contributed by atoms with Crippen LogP contribution in [0.3, 0.4) is 0 Å². The van der Waals surface area contributed by atoms with E-state index < -0.39 is 11.6 Å². The highest BCUT2D eigenvalue weighted by Gasteiger charge is 2.16. The van der Waals surface area contributed by atoms with Gasteiger partial charge < -0.3 is 4.74 Å². The second kappa shape index (κ2) is 6.64. The lowest BCUT2D eigenvalue weighted by Crippen LogP contribution is -2.35. The van der Waals surface area contributed by atoms with Crippen molar-refractivity contribution in [1.29, 1.82) is 0 Å². The molecule has 4 nitrogen and oxygen atoms in total. The lowest BCUT2D eigenvalue weighted by molar-refractivity contribution is 0.0341. The van der Waals surface area contributed by atoms with Crippen molar-refractivity contribution in [3.8, 4) is 11.3 Å². The van der Waals surface area contributed by atoms with Gasteiger partial charge in [-0.1, -0.05) is 11.6 Å². The van der Waals surface area contributed by atoms with Gasteiger partial charge in [0.25, 0.3) is 0 Å². The first-order valence-corrected chi connectivity index (χ1v) is 7.27. The smallest absolute Gasteiger partial charge is 0.149 e. The molecule has 1 aliphatic heterocycles. The molecule has 7 heteroatoms. The third-order valence-corrected chi connectivity index (χ3v) is 3.69. The van der Waals surface area contributed by atoms with Gasteiger partial charge in [-0.15, -0.1) is 0 Å². The van der Waals surface area contributed by atoms with Crippen LogP contribution in [0.4, 0.5) is 8.78 Å². The third-order valence-electron chi connectivity index (χ3n) is 3.48. The van der Waals surface area contributed by atoms with E-state index in [9.17, 15) is 8.78 Å². The summed E-state index contributed by atoms with van der Waals surface area (Å²) in [5.41, 5.74) is 0.678. The number of rotatable bonds is 3. The van der Waals surface area contributed by atoms with Crippen LogP contribution in [0.1, 0.15) is 5.56 Å². The molecule has 0 spiro atoms. The molecule has 0 radical (unpaired) electrons. The first-order chi connectivity index (χ1) is 10.6. The number of aromatic nitrogens is 2. The van der Waals surface area contributed by atoms with Gasteiger partial charge in [0.1, 0.15) is 22.5 Å². The molecule has 1 fully saturated rings. The topological polar surface area (TPSA) is 38.2 Å². The maximum Gasteiger partial charge on any atom is 0.149 e. The highest BCUT2D eigenvalue weighted by Crippen LogP contribution is 2.25. The number of ether oxygens (including phenoxy) is 1. The lowest BCUT2D eigenvalue weighted by Gasteiger charge is -2.26. The molecule has 2 aromatic heterocycles. The quantitative estimate of drug-likeness (QED) is 0.813. The Morgan fingerprint density at radius 2 is 1.86 bits per heavy atom. The molecule has 0 aromatic carbocycles. The summed E-state index contributed by atoms with van der Waals surface area (Å²) in [6.45, 7) is 3.55. The summed E-state index contributed by atoms with van der Waals surface area (Å²) in [4.78, 5) is 9.98. The van der Waals surface area contributed by atoms with Gasteiger partial charge >= 0.3 is 0 Å². The summed E-state index contributed by atoms with van der Waals surface area (Å²) in [6, 6.07) is 2.42.